The van der Waals surface area contributed by atoms with Gasteiger partial charge in [0.05, 0.1) is 40.8 Å². The van der Waals surface area contributed by atoms with Crippen LogP contribution in [-0.4, -0.2) is 134 Å². The zero-order valence-corrected chi connectivity index (χ0v) is 37.2. The number of hydrogen-bond donors (Lipinski definition) is 2. The molecular weight excluding hydrogens is 873 g/mol. The van der Waals surface area contributed by atoms with E-state index < -0.39 is 52.9 Å². The van der Waals surface area contributed by atoms with Crippen molar-refractivity contribution in [3.05, 3.63) is 82.6 Å². The minimum atomic E-state index is -4.62. The molecule has 9 rings (SSSR count). The van der Waals surface area contributed by atoms with E-state index >= 15 is 4.39 Å². The van der Waals surface area contributed by atoms with E-state index in [1.54, 1.807) is 6.20 Å². The summed E-state index contributed by atoms with van der Waals surface area (Å²) in [6.45, 7) is 17.1. The van der Waals surface area contributed by atoms with Crippen LogP contribution in [0.15, 0.2) is 48.7 Å². The average molecular weight is 927 g/mol. The number of rotatable bonds is 10. The second kappa shape index (κ2) is 19.2. The highest BCUT2D eigenvalue weighted by Gasteiger charge is 2.45. The van der Waals surface area contributed by atoms with Gasteiger partial charge in [0, 0.05) is 96.6 Å². The molecule has 354 valence electrons. The van der Waals surface area contributed by atoms with E-state index in [0.717, 1.165) is 101 Å². The van der Waals surface area contributed by atoms with Crippen molar-refractivity contribution in [1.82, 2.24) is 25.0 Å². The maximum absolute atomic E-state index is 15.5. The molecule has 5 saturated heterocycles. The Morgan fingerprint density at radius 2 is 1.30 bits per heavy atom. The lowest BCUT2D eigenvalue weighted by Gasteiger charge is -2.41. The first kappa shape index (κ1) is 46.0. The maximum Gasteiger partial charge on any atom is 0.407 e. The molecule has 5 fully saturated rings. The van der Waals surface area contributed by atoms with Crippen molar-refractivity contribution in [3.8, 4) is 0 Å². The lowest BCUT2D eigenvalue weighted by atomic mass is 9.94. The molecule has 0 radical (unpaired) electrons. The van der Waals surface area contributed by atoms with Crippen LogP contribution in [0.5, 0.6) is 0 Å². The first-order valence-electron chi connectivity index (χ1n) is 23.3. The summed E-state index contributed by atoms with van der Waals surface area (Å²) in [7, 11) is 0. The molecule has 15 nitrogen and oxygen atoms in total. The van der Waals surface area contributed by atoms with Gasteiger partial charge in [-0.15, -0.1) is 0 Å². The van der Waals surface area contributed by atoms with Crippen molar-refractivity contribution < 1.29 is 41.5 Å². The van der Waals surface area contributed by atoms with Crippen molar-refractivity contribution in [1.29, 1.82) is 0 Å². The molecule has 0 bridgehead atoms. The molecular formula is C48H54F4N10O5. The van der Waals surface area contributed by atoms with Gasteiger partial charge in [-0.2, -0.15) is 13.2 Å². The van der Waals surface area contributed by atoms with Crippen molar-refractivity contribution in [2.45, 2.75) is 63.6 Å². The maximum atomic E-state index is 15.5. The summed E-state index contributed by atoms with van der Waals surface area (Å²) in [5.74, 6) is -2.00. The van der Waals surface area contributed by atoms with E-state index in [0.29, 0.717) is 62.4 Å². The molecule has 2 aromatic carbocycles. The Hall–Kier alpha value is -6.13. The molecule has 1 unspecified atom stereocenters. The van der Waals surface area contributed by atoms with Gasteiger partial charge in [0.2, 0.25) is 17.7 Å². The monoisotopic (exact) mass is 926 g/mol. The number of pyridine rings is 1. The zero-order valence-electron chi connectivity index (χ0n) is 37.2. The lowest BCUT2D eigenvalue weighted by Crippen LogP contribution is -2.54. The molecule has 2 N–H and O–H groups in total. The van der Waals surface area contributed by atoms with Gasteiger partial charge < -0.3 is 29.8 Å². The summed E-state index contributed by atoms with van der Waals surface area (Å²) in [6, 6.07) is 9.01. The first-order valence-corrected chi connectivity index (χ1v) is 23.3. The Morgan fingerprint density at radius 1 is 0.731 bits per heavy atom. The third-order valence-electron chi connectivity index (χ3n) is 14.6. The van der Waals surface area contributed by atoms with E-state index in [1.807, 2.05) is 21.9 Å². The van der Waals surface area contributed by atoms with E-state index in [1.165, 1.54) is 18.2 Å². The summed E-state index contributed by atoms with van der Waals surface area (Å²) < 4.78 is 56.0. The van der Waals surface area contributed by atoms with E-state index in [2.05, 4.69) is 35.2 Å². The van der Waals surface area contributed by atoms with Crippen LogP contribution in [0.2, 0.25) is 0 Å². The summed E-state index contributed by atoms with van der Waals surface area (Å²) in [4.78, 5) is 83.3. The average Bonchev–Trinajstić information content (AvgIpc) is 3.56. The molecule has 6 aliphatic rings. The molecule has 0 aliphatic carbocycles. The van der Waals surface area contributed by atoms with Gasteiger partial charge in [-0.05, 0) is 93.2 Å². The number of fused-ring (bicyclic) bond motifs is 1. The van der Waals surface area contributed by atoms with Gasteiger partial charge in [0.1, 0.15) is 17.7 Å². The smallest absolute Gasteiger partial charge is 0.372 e. The Bertz CT molecular complexity index is 2430. The molecule has 7 heterocycles. The number of piperidine rings is 4. The van der Waals surface area contributed by atoms with Gasteiger partial charge in [0.25, 0.3) is 11.8 Å². The number of carbonyl (C=O) groups is 5. The normalized spacial score (nSPS) is 22.0. The van der Waals surface area contributed by atoms with Crippen LogP contribution in [0.25, 0.3) is 4.85 Å². The van der Waals surface area contributed by atoms with E-state index in [9.17, 15) is 37.1 Å². The van der Waals surface area contributed by atoms with Crippen LogP contribution in [0.4, 0.5) is 46.1 Å². The summed E-state index contributed by atoms with van der Waals surface area (Å²) in [6.07, 6.45) is 2.11. The molecule has 67 heavy (non-hydrogen) atoms. The third-order valence-corrected chi connectivity index (χ3v) is 14.6. The zero-order chi connectivity index (χ0) is 47.0. The van der Waals surface area contributed by atoms with Gasteiger partial charge in [-0.25, -0.2) is 14.2 Å². The Kier molecular flexibility index (Phi) is 13.2. The first-order chi connectivity index (χ1) is 32.2. The summed E-state index contributed by atoms with van der Waals surface area (Å²) in [5.41, 5.74) is 0.339. The van der Waals surface area contributed by atoms with Gasteiger partial charge >= 0.3 is 6.18 Å². The summed E-state index contributed by atoms with van der Waals surface area (Å²) >= 11 is 0. The highest BCUT2D eigenvalue weighted by molar-refractivity contribution is 6.23. The molecule has 19 heteroatoms. The molecule has 0 spiro atoms. The molecule has 3 aromatic rings. The van der Waals surface area contributed by atoms with Crippen molar-refractivity contribution in [2.24, 2.45) is 17.8 Å². The number of anilines is 4. The predicted octanol–water partition coefficient (Wildman–Crippen LogP) is 5.80. The molecule has 5 amide bonds. The van der Waals surface area contributed by atoms with Crippen molar-refractivity contribution in [3.63, 3.8) is 0 Å². The Morgan fingerprint density at radius 3 is 1.87 bits per heavy atom. The topological polar surface area (TPSA) is 146 Å². The third kappa shape index (κ3) is 9.96. The number of halogens is 4. The number of imide groups is 2. The van der Waals surface area contributed by atoms with Crippen LogP contribution in [-0.2, 0) is 20.6 Å². The van der Waals surface area contributed by atoms with Crippen LogP contribution in [0.1, 0.15) is 77.6 Å². The SMILES string of the molecule is [C-]#[N+]c1ccc(N2CCC(C(=O)Nc3ccc(N4CCC(CN5CCN(CC6CCN(c7cc8c(cc7F)C(=O)N(C7CCC(=O)NC7=O)C8=O)CC6)CC5)CC4)cn3)CC2)cc1C(F)(F)F. The fourth-order valence-electron chi connectivity index (χ4n) is 10.7. The van der Waals surface area contributed by atoms with E-state index in [4.69, 9.17) is 6.57 Å². The minimum absolute atomic E-state index is 0.0159. The quantitative estimate of drug-likeness (QED) is 0.145. The van der Waals surface area contributed by atoms with Gasteiger partial charge in [-0.3, -0.25) is 34.2 Å². The van der Waals surface area contributed by atoms with Crippen LogP contribution < -0.4 is 25.3 Å². The minimum Gasteiger partial charge on any atom is -0.372 e. The highest BCUT2D eigenvalue weighted by Crippen LogP contribution is 2.40. The fraction of sp³-hybridized carbons (Fsp3) is 0.521. The largest absolute Gasteiger partial charge is 0.407 e. The number of piperazine rings is 1. The van der Waals surface area contributed by atoms with Gasteiger partial charge in [0.15, 0.2) is 5.69 Å². The number of carbonyl (C=O) groups excluding carboxylic acids is 5. The lowest BCUT2D eigenvalue weighted by molar-refractivity contribution is -0.137. The van der Waals surface area contributed by atoms with E-state index in [-0.39, 0.29) is 41.5 Å². The number of alkyl halides is 3. The molecule has 0 saturated carbocycles. The predicted molar refractivity (Wildman–Crippen MR) is 241 cm³/mol. The van der Waals surface area contributed by atoms with Gasteiger partial charge in [-0.1, -0.05) is 6.07 Å². The van der Waals surface area contributed by atoms with Crippen molar-refractivity contribution >= 4 is 58.1 Å². The second-order valence-electron chi connectivity index (χ2n) is 18.7. The standard InChI is InChI=1S/C48H54F4N10O5/c1-53-39-4-2-33(24-37(39)48(50,51)52)59-18-12-32(13-19-59)44(64)55-42-6-3-34(27-54-42)60-14-8-30(9-15-60)28-57-20-22-58(23-21-57)29-31-10-16-61(17-11-31)41-26-36-35(25-38(41)49)46(66)62(47(36)67)40-5-7-43(63)56-45(40)65/h2-4,6,24-27,30-32,40H,5,7-23,28-29H2,(H,54,55,64)(H,56,63,65). The second-order valence-corrected chi connectivity index (χ2v) is 18.7. The number of nitrogens with zero attached hydrogens (tertiary/aromatic N) is 8. The molecule has 1 atom stereocenters. The highest BCUT2D eigenvalue weighted by atomic mass is 19.4. The Labute approximate surface area is 386 Å². The number of amides is 5. The Balaban J connectivity index is 0.668. The van der Waals surface area contributed by atoms with Crippen molar-refractivity contribution in [2.75, 3.05) is 98.6 Å². The molecule has 6 aliphatic heterocycles. The van der Waals surface area contributed by atoms with Crippen LogP contribution >= 0.6 is 0 Å². The summed E-state index contributed by atoms with van der Waals surface area (Å²) in [5, 5.41) is 5.11. The fourth-order valence-corrected chi connectivity index (χ4v) is 10.7. The molecule has 1 aromatic heterocycles. The number of aromatic nitrogens is 1. The number of nitrogens with one attached hydrogen (secondary N) is 2. The van der Waals surface area contributed by atoms with Crippen LogP contribution in [0.3, 0.4) is 0 Å². The number of benzene rings is 2. The van der Waals surface area contributed by atoms with Crippen LogP contribution in [0, 0.1) is 30.1 Å². The number of hydrogen-bond acceptors (Lipinski definition) is 11.